The Morgan fingerprint density at radius 1 is 0.229 bits per heavy atom. The Hall–Kier alpha value is -6.68. The summed E-state index contributed by atoms with van der Waals surface area (Å²) in [5.41, 5.74) is 11.8. The molecule has 0 aliphatic carbocycles. The van der Waals surface area contributed by atoms with Gasteiger partial charge in [0.15, 0.2) is 0 Å². The van der Waals surface area contributed by atoms with E-state index < -0.39 is 32.1 Å². The van der Waals surface area contributed by atoms with Crippen LogP contribution in [-0.4, -0.2) is 13.0 Å². The van der Waals surface area contributed by atoms with Gasteiger partial charge in [-0.05, 0) is 87.5 Å². The smallest absolute Gasteiger partial charge is 0.223 e. The molecule has 0 bridgehead atoms. The summed E-state index contributed by atoms with van der Waals surface area (Å²) in [5.74, 6) is 0. The number of aryl methyl sites for hydroxylation is 3. The van der Waals surface area contributed by atoms with Gasteiger partial charge in [0.2, 0.25) is 8.37 Å². The molecule has 0 N–H and O–H groups in total. The van der Waals surface area contributed by atoms with Gasteiger partial charge in [0.05, 0.1) is 32.9 Å². The molecule has 9 aromatic carbocycles. The molecule has 0 aliphatic rings. The highest BCUT2D eigenvalue weighted by Gasteiger charge is 2.39. The monoisotopic (exact) mass is 973 g/mol. The summed E-state index contributed by atoms with van der Waals surface area (Å²) < 4.78 is 8.59. The van der Waals surface area contributed by atoms with Crippen LogP contribution < -0.4 is 48.1 Å². The van der Waals surface area contributed by atoms with Gasteiger partial charge in [0.1, 0.15) is 0 Å². The fourth-order valence-corrected chi connectivity index (χ4v) is 21.9. The average Bonchev–Trinajstić information content (AvgIpc) is 3.99. The van der Waals surface area contributed by atoms with Crippen molar-refractivity contribution in [1.82, 2.24) is 13.0 Å². The predicted molar refractivity (Wildman–Crippen MR) is 309 cm³/mol. The molecule has 338 valence electrons. The Morgan fingerprint density at radius 3 is 0.629 bits per heavy atom. The number of benzene rings is 9. The molecule has 12 aromatic rings. The number of rotatable bonds is 12. The van der Waals surface area contributed by atoms with Crippen LogP contribution in [0.2, 0.25) is 0 Å². The highest BCUT2D eigenvalue weighted by molar-refractivity contribution is 7.82. The van der Waals surface area contributed by atoms with E-state index in [-0.39, 0.29) is 0 Å². The fourth-order valence-electron chi connectivity index (χ4n) is 10.3. The maximum atomic E-state index is 2.86. The van der Waals surface area contributed by atoms with Gasteiger partial charge in [0.25, 0.3) is 0 Å². The van der Waals surface area contributed by atoms with Crippen LogP contribution in [0.3, 0.4) is 0 Å². The predicted octanol–water partition coefficient (Wildman–Crippen LogP) is 12.9. The van der Waals surface area contributed by atoms with E-state index in [1.54, 1.807) is 0 Å². The number of hydrogen-bond donors (Lipinski definition) is 0. The summed E-state index contributed by atoms with van der Waals surface area (Å²) in [5, 5.41) is 11.9. The highest BCUT2D eigenvalue weighted by atomic mass is 31.2. The Kier molecular flexibility index (Phi) is 12.2. The largest absolute Gasteiger partial charge is 0.283 e. The lowest BCUT2D eigenvalue weighted by Crippen LogP contribution is -2.35. The second-order valence-electron chi connectivity index (χ2n) is 17.6. The molecule has 3 nitrogen and oxygen atoms in total. The third kappa shape index (κ3) is 7.69. The Bertz CT molecular complexity index is 3240. The van der Waals surface area contributed by atoms with E-state index >= 15 is 0 Å². The minimum absolute atomic E-state index is 1.08. The molecule has 0 fully saturated rings. The van der Waals surface area contributed by atoms with Crippen molar-refractivity contribution in [3.05, 3.63) is 271 Å². The van der Waals surface area contributed by atoms with Crippen molar-refractivity contribution in [2.24, 2.45) is 0 Å². The first-order chi connectivity index (χ1) is 34.6. The number of hydrogen-bond acceptors (Lipinski definition) is 0. The van der Waals surface area contributed by atoms with Gasteiger partial charge < -0.3 is 0 Å². The van der Waals surface area contributed by atoms with Crippen LogP contribution >= 0.6 is 32.1 Å². The molecular weight excluding hydrogens is 923 g/mol. The lowest BCUT2D eigenvalue weighted by Gasteiger charge is -2.35. The quantitative estimate of drug-likeness (QED) is 0.108. The minimum atomic E-state index is -1.59. The van der Waals surface area contributed by atoms with E-state index in [2.05, 4.69) is 289 Å². The van der Waals surface area contributed by atoms with Crippen molar-refractivity contribution >= 4 is 113 Å². The molecule has 0 saturated heterocycles. The summed E-state index contributed by atoms with van der Waals surface area (Å²) in [6.07, 6.45) is 0. The first-order valence-corrected chi connectivity index (χ1v) is 29.1. The minimum Gasteiger partial charge on any atom is -0.283 e. The van der Waals surface area contributed by atoms with Crippen molar-refractivity contribution < 1.29 is 0 Å². The van der Waals surface area contributed by atoms with E-state index in [0.29, 0.717) is 0 Å². The van der Waals surface area contributed by atoms with Gasteiger partial charge >= 0.3 is 0 Å². The van der Waals surface area contributed by atoms with Gasteiger partial charge in [-0.2, -0.15) is 0 Å². The van der Waals surface area contributed by atoms with Crippen LogP contribution in [0, 0.1) is 20.8 Å². The van der Waals surface area contributed by atoms with Crippen LogP contribution in [0.25, 0.3) is 32.7 Å². The molecule has 0 amide bonds. The molecule has 0 unspecified atom stereocenters. The van der Waals surface area contributed by atoms with Crippen LogP contribution in [0.5, 0.6) is 0 Å². The second kappa shape index (κ2) is 19.3. The number of nitrogens with zero attached hydrogens (tertiary/aromatic N) is 3. The molecule has 3 heterocycles. The zero-order valence-electron chi connectivity index (χ0n) is 39.4. The molecule has 12 rings (SSSR count). The van der Waals surface area contributed by atoms with Crippen molar-refractivity contribution in [3.8, 4) is 0 Å². The fraction of sp³-hybridized carbons (Fsp3) is 0.0476. The Labute approximate surface area is 415 Å². The number of para-hydroxylation sites is 3. The zero-order chi connectivity index (χ0) is 47.1. The van der Waals surface area contributed by atoms with Gasteiger partial charge in [-0.1, -0.05) is 237 Å². The molecule has 0 radical (unpaired) electrons. The van der Waals surface area contributed by atoms with Crippen molar-refractivity contribution in [2.45, 2.75) is 20.8 Å². The van der Waals surface area contributed by atoms with Crippen LogP contribution in [0.1, 0.15) is 16.7 Å². The molecule has 0 atom stereocenters. The third-order valence-corrected chi connectivity index (χ3v) is 24.0. The van der Waals surface area contributed by atoms with Gasteiger partial charge in [0, 0.05) is 39.9 Å². The molecule has 0 aliphatic heterocycles. The average molecular weight is 974 g/mol. The maximum absolute atomic E-state index is 2.86. The summed E-state index contributed by atoms with van der Waals surface area (Å²) in [7, 11) is -4.83. The molecular formula is C63H51N3P4. The summed E-state index contributed by atoms with van der Waals surface area (Å²) in [6.45, 7) is 7.18. The summed E-state index contributed by atoms with van der Waals surface area (Å²) >= 11 is 0. The van der Waals surface area contributed by atoms with Gasteiger partial charge in [-0.3, -0.25) is 13.0 Å². The third-order valence-electron chi connectivity index (χ3n) is 13.5. The van der Waals surface area contributed by atoms with Crippen LogP contribution in [0.15, 0.2) is 255 Å². The van der Waals surface area contributed by atoms with E-state index in [1.807, 2.05) is 0 Å². The Morgan fingerprint density at radius 2 is 0.414 bits per heavy atom. The second-order valence-corrected chi connectivity index (χ2v) is 25.7. The highest BCUT2D eigenvalue weighted by Crippen LogP contribution is 2.56. The summed E-state index contributed by atoms with van der Waals surface area (Å²) in [6, 6.07) is 95.7. The lowest BCUT2D eigenvalue weighted by atomic mass is 10.2. The maximum Gasteiger partial charge on any atom is 0.223 e. The van der Waals surface area contributed by atoms with Crippen molar-refractivity contribution in [3.63, 3.8) is 0 Å². The molecule has 7 heteroatoms. The SMILES string of the molecule is Cc1c(P(c2ccccc2)c2ccccc2)n(P(n2c(P(c3ccccc3)c3ccccc3)c(C)c3ccccc32)n2c(P(c3ccccc3)c3ccccc3)c(C)c3ccccc32)c2ccccc12. The molecule has 0 saturated carbocycles. The van der Waals surface area contributed by atoms with Gasteiger partial charge in [-0.25, -0.2) is 0 Å². The molecule has 3 aromatic heterocycles. The van der Waals surface area contributed by atoms with E-state index in [9.17, 15) is 0 Å². The van der Waals surface area contributed by atoms with E-state index in [1.165, 1.54) is 97.5 Å². The first kappa shape index (κ1) is 44.5. The Balaban J connectivity index is 1.32. The van der Waals surface area contributed by atoms with E-state index in [4.69, 9.17) is 0 Å². The standard InChI is InChI=1S/C63H51N3P4/c1-46-55-40-22-25-43-58(55)64(61(46)67(49-28-10-4-11-29-49)50-30-12-5-13-31-50)70(65-59-44-26-23-41-56(59)47(2)62(65)68(51-32-14-6-15-33-51)52-34-16-7-17-35-52)66-60-45-27-24-42-57(60)48(3)63(66)69(53-36-18-8-19-37-53)54-38-20-9-21-39-54/h4-45H,1-3H3. The topological polar surface area (TPSA) is 14.8 Å². The van der Waals surface area contributed by atoms with Crippen molar-refractivity contribution in [1.29, 1.82) is 0 Å². The van der Waals surface area contributed by atoms with Crippen LogP contribution in [-0.2, 0) is 0 Å². The summed E-state index contributed by atoms with van der Waals surface area (Å²) in [4.78, 5) is 0. The lowest BCUT2D eigenvalue weighted by molar-refractivity contribution is 1.15. The number of fused-ring (bicyclic) bond motifs is 3. The van der Waals surface area contributed by atoms with E-state index in [0.717, 1.165) is 0 Å². The van der Waals surface area contributed by atoms with Crippen LogP contribution in [0.4, 0.5) is 0 Å². The van der Waals surface area contributed by atoms with Gasteiger partial charge in [-0.15, -0.1) is 0 Å². The first-order valence-electron chi connectivity index (χ1n) is 23.9. The van der Waals surface area contributed by atoms with Crippen molar-refractivity contribution in [2.75, 3.05) is 0 Å². The normalized spacial score (nSPS) is 11.9. The number of aromatic nitrogens is 3. The zero-order valence-corrected chi connectivity index (χ0v) is 43.0. The molecule has 70 heavy (non-hydrogen) atoms. The molecule has 0 spiro atoms.